The number of hydrogen-bond donors (Lipinski definition) is 4. The number of aliphatic hydroxyl groups is 1. The summed E-state index contributed by atoms with van der Waals surface area (Å²) in [6.45, 7) is 8.36. The average Bonchev–Trinajstić information content (AvgIpc) is 2.55. The maximum absolute atomic E-state index is 11.9. The van der Waals surface area contributed by atoms with E-state index in [0.717, 1.165) is 18.7 Å². The van der Waals surface area contributed by atoms with Gasteiger partial charge in [-0.2, -0.15) is 0 Å². The zero-order chi connectivity index (χ0) is 19.6. The summed E-state index contributed by atoms with van der Waals surface area (Å²) in [6.07, 6.45) is 0. The second-order valence-corrected chi connectivity index (χ2v) is 7.24. The lowest BCUT2D eigenvalue weighted by molar-refractivity contribution is -0.124. The van der Waals surface area contributed by atoms with Crippen molar-refractivity contribution in [1.82, 2.24) is 16.0 Å². The minimum atomic E-state index is -0.316. The van der Waals surface area contributed by atoms with E-state index >= 15 is 0 Å². The Morgan fingerprint density at radius 3 is 2.46 bits per heavy atom. The first kappa shape index (κ1) is 22.5. The normalized spacial score (nSPS) is 11.3. The van der Waals surface area contributed by atoms with E-state index in [1.54, 1.807) is 19.2 Å². The molecule has 0 heterocycles. The Kier molecular flexibility index (Phi) is 9.72. The summed E-state index contributed by atoms with van der Waals surface area (Å²) >= 11 is 6.32. The molecule has 1 aromatic carbocycles. The van der Waals surface area contributed by atoms with Gasteiger partial charge in [-0.3, -0.25) is 4.79 Å². The SMILES string of the molecule is COc1cc(CNCCNCCO)c(Cl)cc1OCC(=O)NC(C)(C)C. The number of rotatable bonds is 11. The molecule has 7 nitrogen and oxygen atoms in total. The van der Waals surface area contributed by atoms with Gasteiger partial charge < -0.3 is 30.5 Å². The van der Waals surface area contributed by atoms with Crippen LogP contribution >= 0.6 is 11.6 Å². The topological polar surface area (TPSA) is 91.8 Å². The molecule has 0 aliphatic heterocycles. The molecule has 1 rings (SSSR count). The summed E-state index contributed by atoms with van der Waals surface area (Å²) in [7, 11) is 1.54. The number of aliphatic hydroxyl groups excluding tert-OH is 1. The molecule has 1 aromatic rings. The van der Waals surface area contributed by atoms with Crippen LogP contribution in [0.1, 0.15) is 26.3 Å². The largest absolute Gasteiger partial charge is 0.493 e. The molecule has 0 unspecified atom stereocenters. The van der Waals surface area contributed by atoms with Crippen molar-refractivity contribution in [3.8, 4) is 11.5 Å². The molecule has 0 aliphatic carbocycles. The third-order valence-electron chi connectivity index (χ3n) is 3.29. The van der Waals surface area contributed by atoms with Crippen molar-refractivity contribution in [1.29, 1.82) is 0 Å². The van der Waals surface area contributed by atoms with Crippen LogP contribution in [0.25, 0.3) is 0 Å². The number of hydrogen-bond acceptors (Lipinski definition) is 6. The van der Waals surface area contributed by atoms with E-state index in [-0.39, 0.29) is 24.7 Å². The van der Waals surface area contributed by atoms with Crippen LogP contribution in [0.15, 0.2) is 12.1 Å². The molecule has 4 N–H and O–H groups in total. The van der Waals surface area contributed by atoms with Crippen LogP contribution < -0.4 is 25.4 Å². The molecule has 1 amide bonds. The van der Waals surface area contributed by atoms with Crippen LogP contribution in [0, 0.1) is 0 Å². The summed E-state index contributed by atoms with van der Waals surface area (Å²) in [4.78, 5) is 11.9. The number of carbonyl (C=O) groups excluding carboxylic acids is 1. The lowest BCUT2D eigenvalue weighted by Gasteiger charge is -2.21. The zero-order valence-corrected chi connectivity index (χ0v) is 16.7. The molecule has 0 bridgehead atoms. The van der Waals surface area contributed by atoms with E-state index in [0.29, 0.717) is 29.6 Å². The van der Waals surface area contributed by atoms with E-state index < -0.39 is 0 Å². The highest BCUT2D eigenvalue weighted by Gasteiger charge is 2.16. The summed E-state index contributed by atoms with van der Waals surface area (Å²) in [6, 6.07) is 3.46. The molecule has 8 heteroatoms. The molecule has 0 atom stereocenters. The molecule has 0 spiro atoms. The highest BCUT2D eigenvalue weighted by atomic mass is 35.5. The van der Waals surface area contributed by atoms with Gasteiger partial charge in [-0.15, -0.1) is 0 Å². The molecule has 0 saturated heterocycles. The number of ether oxygens (including phenoxy) is 2. The third kappa shape index (κ3) is 8.71. The lowest BCUT2D eigenvalue weighted by atomic mass is 10.1. The van der Waals surface area contributed by atoms with Crippen molar-refractivity contribution in [2.45, 2.75) is 32.9 Å². The molecule has 0 radical (unpaired) electrons. The van der Waals surface area contributed by atoms with Gasteiger partial charge in [0, 0.05) is 42.8 Å². The fourth-order valence-corrected chi connectivity index (χ4v) is 2.41. The molecule has 0 aromatic heterocycles. The molecule has 148 valence electrons. The van der Waals surface area contributed by atoms with E-state index in [1.807, 2.05) is 20.8 Å². The van der Waals surface area contributed by atoms with Crippen molar-refractivity contribution in [3.05, 3.63) is 22.7 Å². The van der Waals surface area contributed by atoms with Gasteiger partial charge in [0.1, 0.15) is 0 Å². The van der Waals surface area contributed by atoms with Crippen LogP contribution in [-0.4, -0.2) is 56.5 Å². The average molecular weight is 388 g/mol. The van der Waals surface area contributed by atoms with Crippen LogP contribution in [0.2, 0.25) is 5.02 Å². The summed E-state index contributed by atoms with van der Waals surface area (Å²) in [5.74, 6) is 0.736. The van der Waals surface area contributed by atoms with Crippen molar-refractivity contribution < 1.29 is 19.4 Å². The van der Waals surface area contributed by atoms with Crippen molar-refractivity contribution in [2.75, 3.05) is 40.0 Å². The molecule has 0 saturated carbocycles. The number of amides is 1. The number of carbonyl (C=O) groups is 1. The Labute approximate surface area is 160 Å². The van der Waals surface area contributed by atoms with E-state index in [9.17, 15) is 4.79 Å². The van der Waals surface area contributed by atoms with Gasteiger partial charge in [0.25, 0.3) is 5.91 Å². The number of methoxy groups -OCH3 is 1. The minimum absolute atomic E-state index is 0.113. The fourth-order valence-electron chi connectivity index (χ4n) is 2.19. The van der Waals surface area contributed by atoms with Crippen molar-refractivity contribution >= 4 is 17.5 Å². The third-order valence-corrected chi connectivity index (χ3v) is 3.64. The number of benzene rings is 1. The highest BCUT2D eigenvalue weighted by molar-refractivity contribution is 6.31. The minimum Gasteiger partial charge on any atom is -0.493 e. The lowest BCUT2D eigenvalue weighted by Crippen LogP contribution is -2.43. The van der Waals surface area contributed by atoms with E-state index in [2.05, 4.69) is 16.0 Å². The predicted molar refractivity (Wildman–Crippen MR) is 103 cm³/mol. The summed E-state index contributed by atoms with van der Waals surface area (Å²) in [5, 5.41) is 18.4. The standard InChI is InChI=1S/C18H30ClN3O4/c1-18(2,3)22-17(24)12-26-16-10-14(19)13(9-15(16)25-4)11-21-6-5-20-7-8-23/h9-10,20-21,23H,5-8,11-12H2,1-4H3,(H,22,24). The van der Waals surface area contributed by atoms with Crippen LogP contribution in [0.4, 0.5) is 0 Å². The van der Waals surface area contributed by atoms with Gasteiger partial charge in [-0.25, -0.2) is 0 Å². The quantitative estimate of drug-likeness (QED) is 0.428. The second-order valence-electron chi connectivity index (χ2n) is 6.83. The highest BCUT2D eigenvalue weighted by Crippen LogP contribution is 2.33. The Morgan fingerprint density at radius 2 is 1.85 bits per heavy atom. The van der Waals surface area contributed by atoms with E-state index in [4.69, 9.17) is 26.2 Å². The summed E-state index contributed by atoms with van der Waals surface area (Å²) in [5.41, 5.74) is 0.557. The van der Waals surface area contributed by atoms with Gasteiger partial charge in [0.05, 0.1) is 13.7 Å². The van der Waals surface area contributed by atoms with Gasteiger partial charge in [0.15, 0.2) is 18.1 Å². The molecule has 26 heavy (non-hydrogen) atoms. The van der Waals surface area contributed by atoms with Gasteiger partial charge in [0.2, 0.25) is 0 Å². The first-order chi connectivity index (χ1) is 12.3. The Morgan fingerprint density at radius 1 is 1.15 bits per heavy atom. The zero-order valence-electron chi connectivity index (χ0n) is 15.9. The Balaban J connectivity index is 2.61. The van der Waals surface area contributed by atoms with Crippen LogP contribution in [0.5, 0.6) is 11.5 Å². The van der Waals surface area contributed by atoms with Crippen molar-refractivity contribution in [3.63, 3.8) is 0 Å². The maximum Gasteiger partial charge on any atom is 0.258 e. The fraction of sp³-hybridized carbons (Fsp3) is 0.611. The molecule has 0 aliphatic rings. The first-order valence-electron chi connectivity index (χ1n) is 8.59. The number of halogens is 1. The smallest absolute Gasteiger partial charge is 0.258 e. The maximum atomic E-state index is 11.9. The Bertz CT molecular complexity index is 576. The Hall–Kier alpha value is -1.54. The molecular weight excluding hydrogens is 358 g/mol. The molecule has 0 fully saturated rings. The second kappa shape index (κ2) is 11.2. The monoisotopic (exact) mass is 387 g/mol. The van der Waals surface area contributed by atoms with Gasteiger partial charge in [-0.05, 0) is 32.4 Å². The van der Waals surface area contributed by atoms with E-state index in [1.165, 1.54) is 0 Å². The first-order valence-corrected chi connectivity index (χ1v) is 8.97. The van der Waals surface area contributed by atoms with Gasteiger partial charge in [-0.1, -0.05) is 11.6 Å². The number of nitrogens with one attached hydrogen (secondary N) is 3. The molecular formula is C18H30ClN3O4. The van der Waals surface area contributed by atoms with Crippen LogP contribution in [-0.2, 0) is 11.3 Å². The predicted octanol–water partition coefficient (Wildman–Crippen LogP) is 1.31. The van der Waals surface area contributed by atoms with Crippen molar-refractivity contribution in [2.24, 2.45) is 0 Å². The van der Waals surface area contributed by atoms with Crippen LogP contribution in [0.3, 0.4) is 0 Å². The van der Waals surface area contributed by atoms with Gasteiger partial charge >= 0.3 is 0 Å². The summed E-state index contributed by atoms with van der Waals surface area (Å²) < 4.78 is 10.9.